The summed E-state index contributed by atoms with van der Waals surface area (Å²) in [5.74, 6) is -0.605. The Morgan fingerprint density at radius 2 is 1.68 bits per heavy atom. The summed E-state index contributed by atoms with van der Waals surface area (Å²) in [7, 11) is -4.17. The topological polar surface area (TPSA) is 88.4 Å². The molecule has 0 saturated heterocycles. The van der Waals surface area contributed by atoms with Gasteiger partial charge in [-0.1, -0.05) is 35.9 Å². The highest BCUT2D eigenvalue weighted by Gasteiger charge is 2.42. The van der Waals surface area contributed by atoms with Gasteiger partial charge in [-0.2, -0.15) is 13.2 Å². The number of furan rings is 1. The smallest absolute Gasteiger partial charge is 0.416 e. The Bertz CT molecular complexity index is 1780. The summed E-state index contributed by atoms with van der Waals surface area (Å²) in [5, 5.41) is 2.87. The third-order valence-corrected chi connectivity index (χ3v) is 8.89. The van der Waals surface area contributed by atoms with E-state index in [2.05, 4.69) is 26.0 Å². The van der Waals surface area contributed by atoms with Crippen LogP contribution in [0.1, 0.15) is 39.8 Å². The Kier molecular flexibility index (Phi) is 6.38. The van der Waals surface area contributed by atoms with E-state index in [-0.39, 0.29) is 22.4 Å². The van der Waals surface area contributed by atoms with E-state index in [0.717, 1.165) is 41.0 Å². The Labute approximate surface area is 236 Å². The predicted molar refractivity (Wildman–Crippen MR) is 147 cm³/mol. The average molecular weight is 629 g/mol. The van der Waals surface area contributed by atoms with E-state index in [0.29, 0.717) is 28.1 Å². The molecular weight excluding hydrogens is 609 g/mol. The van der Waals surface area contributed by atoms with E-state index in [1.807, 2.05) is 36.4 Å². The summed E-state index contributed by atoms with van der Waals surface area (Å²) < 4.78 is 73.8. The van der Waals surface area contributed by atoms with Crippen molar-refractivity contribution < 1.29 is 30.8 Å². The van der Waals surface area contributed by atoms with Gasteiger partial charge in [0.1, 0.15) is 5.76 Å². The fourth-order valence-electron chi connectivity index (χ4n) is 5.32. The van der Waals surface area contributed by atoms with Gasteiger partial charge in [-0.25, -0.2) is 8.42 Å². The number of amides is 1. The van der Waals surface area contributed by atoms with Crippen molar-refractivity contribution in [1.82, 2.24) is 0 Å². The quantitative estimate of drug-likeness (QED) is 0.234. The second-order valence-corrected chi connectivity index (χ2v) is 12.1. The molecule has 6 nitrogen and oxygen atoms in total. The second kappa shape index (κ2) is 9.67. The van der Waals surface area contributed by atoms with Crippen LogP contribution in [0, 0.1) is 0 Å². The normalized spacial score (nSPS) is 18.2. The maximum atomic E-state index is 13.4. The van der Waals surface area contributed by atoms with Crippen molar-refractivity contribution in [3.63, 3.8) is 0 Å². The maximum absolute atomic E-state index is 13.4. The highest BCUT2D eigenvalue weighted by atomic mass is 79.9. The molecule has 2 unspecified atom stereocenters. The molecule has 0 fully saturated rings. The first kappa shape index (κ1) is 26.4. The molecule has 2 aliphatic rings. The van der Waals surface area contributed by atoms with Crippen LogP contribution >= 0.6 is 15.9 Å². The van der Waals surface area contributed by atoms with Crippen LogP contribution < -0.4 is 10.0 Å². The second-order valence-electron chi connectivity index (χ2n) is 9.61. The van der Waals surface area contributed by atoms with Crippen molar-refractivity contribution in [2.75, 3.05) is 10.0 Å². The van der Waals surface area contributed by atoms with Gasteiger partial charge in [-0.05, 0) is 87.2 Å². The SMILES string of the molecule is O=C1Nc2ccc(S(=O)(=O)Nc3ccc(C(F)(F)F)cc3)cc2C1C1C(Cc2ccc(Br)o2)=Cc2ccccc21. The number of carbonyl (C=O) groups is 1. The number of benzene rings is 3. The molecule has 1 aliphatic carbocycles. The molecule has 2 heterocycles. The Morgan fingerprint density at radius 3 is 2.38 bits per heavy atom. The van der Waals surface area contributed by atoms with Gasteiger partial charge in [-0.3, -0.25) is 9.52 Å². The summed E-state index contributed by atoms with van der Waals surface area (Å²) in [4.78, 5) is 13.3. The number of nitrogens with one attached hydrogen (secondary N) is 2. The first-order valence-electron chi connectivity index (χ1n) is 12.2. The van der Waals surface area contributed by atoms with Crippen LogP contribution in [0.4, 0.5) is 24.5 Å². The molecule has 6 rings (SSSR count). The maximum Gasteiger partial charge on any atom is 0.416 e. The molecule has 1 amide bonds. The van der Waals surface area contributed by atoms with Gasteiger partial charge in [0.2, 0.25) is 5.91 Å². The number of hydrogen-bond acceptors (Lipinski definition) is 4. The number of anilines is 2. The molecule has 3 aromatic carbocycles. The molecule has 4 aromatic rings. The van der Waals surface area contributed by atoms with Crippen molar-refractivity contribution in [3.05, 3.63) is 117 Å². The summed E-state index contributed by atoms with van der Waals surface area (Å²) >= 11 is 3.32. The molecule has 40 heavy (non-hydrogen) atoms. The van der Waals surface area contributed by atoms with Gasteiger partial charge in [-0.15, -0.1) is 0 Å². The van der Waals surface area contributed by atoms with Crippen LogP contribution in [0.3, 0.4) is 0 Å². The lowest BCUT2D eigenvalue weighted by Crippen LogP contribution is -2.21. The number of alkyl halides is 3. The molecular formula is C29H20BrF3N2O4S. The van der Waals surface area contributed by atoms with Crippen LogP contribution in [-0.4, -0.2) is 14.3 Å². The Balaban J connectivity index is 1.35. The molecule has 2 atom stereocenters. The summed E-state index contributed by atoms with van der Waals surface area (Å²) in [6.45, 7) is 0. The Morgan fingerprint density at radius 1 is 0.925 bits per heavy atom. The number of sulfonamides is 1. The number of fused-ring (bicyclic) bond motifs is 2. The lowest BCUT2D eigenvalue weighted by molar-refractivity contribution is -0.137. The van der Waals surface area contributed by atoms with Gasteiger partial charge in [0, 0.05) is 23.7 Å². The van der Waals surface area contributed by atoms with Crippen molar-refractivity contribution in [3.8, 4) is 0 Å². The largest absolute Gasteiger partial charge is 0.454 e. The highest BCUT2D eigenvalue weighted by Crippen LogP contribution is 2.51. The average Bonchev–Trinajstić information content (AvgIpc) is 3.57. The van der Waals surface area contributed by atoms with E-state index in [1.165, 1.54) is 18.2 Å². The van der Waals surface area contributed by atoms with Crippen molar-refractivity contribution in [2.24, 2.45) is 0 Å². The zero-order valence-electron chi connectivity index (χ0n) is 20.5. The molecule has 1 aliphatic heterocycles. The van der Waals surface area contributed by atoms with E-state index in [9.17, 15) is 26.4 Å². The van der Waals surface area contributed by atoms with E-state index < -0.39 is 27.7 Å². The number of halogens is 4. The summed E-state index contributed by atoms with van der Waals surface area (Å²) in [6.07, 6.45) is -2.04. The third kappa shape index (κ3) is 4.84. The zero-order chi connectivity index (χ0) is 28.2. The van der Waals surface area contributed by atoms with E-state index >= 15 is 0 Å². The van der Waals surface area contributed by atoms with Crippen molar-refractivity contribution in [1.29, 1.82) is 0 Å². The molecule has 0 bridgehead atoms. The van der Waals surface area contributed by atoms with Gasteiger partial charge in [0.15, 0.2) is 4.67 Å². The van der Waals surface area contributed by atoms with Crippen LogP contribution in [0.15, 0.2) is 98.4 Å². The van der Waals surface area contributed by atoms with E-state index in [1.54, 1.807) is 6.07 Å². The van der Waals surface area contributed by atoms with Gasteiger partial charge < -0.3 is 9.73 Å². The lowest BCUT2D eigenvalue weighted by Gasteiger charge is -2.23. The molecule has 0 spiro atoms. The molecule has 0 saturated carbocycles. The van der Waals surface area contributed by atoms with Gasteiger partial charge >= 0.3 is 6.18 Å². The molecule has 1 aromatic heterocycles. The number of carbonyl (C=O) groups excluding carboxylic acids is 1. The lowest BCUT2D eigenvalue weighted by atomic mass is 9.79. The third-order valence-electron chi connectivity index (χ3n) is 7.09. The number of hydrogen-bond donors (Lipinski definition) is 2. The summed E-state index contributed by atoms with van der Waals surface area (Å²) in [6, 6.07) is 19.5. The minimum absolute atomic E-state index is 0.0150. The predicted octanol–water partition coefficient (Wildman–Crippen LogP) is 7.32. The zero-order valence-corrected chi connectivity index (χ0v) is 22.9. The Hall–Kier alpha value is -3.83. The highest BCUT2D eigenvalue weighted by molar-refractivity contribution is 9.10. The van der Waals surface area contributed by atoms with Crippen LogP contribution in [0.25, 0.3) is 6.08 Å². The minimum atomic E-state index is -4.54. The number of rotatable bonds is 6. The molecule has 0 radical (unpaired) electrons. The molecule has 204 valence electrons. The summed E-state index contributed by atoms with van der Waals surface area (Å²) in [5.41, 5.74) is 3.00. The first-order chi connectivity index (χ1) is 19.0. The molecule has 11 heteroatoms. The first-order valence-corrected chi connectivity index (χ1v) is 14.5. The van der Waals surface area contributed by atoms with Crippen LogP contribution in [-0.2, 0) is 27.4 Å². The van der Waals surface area contributed by atoms with Crippen LogP contribution in [0.2, 0.25) is 0 Å². The standard InChI is InChI=1S/C29H20BrF3N2O4S/c30-25-12-9-20(39-25)14-17-13-16-3-1-2-4-22(16)26(17)27-23-15-21(10-11-24(23)34-28(27)36)40(37,38)35-19-7-5-18(6-8-19)29(31,32)33/h1-13,15,26-27,35H,14H2,(H,34,36). The van der Waals surface area contributed by atoms with Crippen molar-refractivity contribution >= 4 is 49.3 Å². The van der Waals surface area contributed by atoms with Crippen molar-refractivity contribution in [2.45, 2.75) is 29.3 Å². The minimum Gasteiger partial charge on any atom is -0.454 e. The fourth-order valence-corrected chi connectivity index (χ4v) is 6.75. The fraction of sp³-hybridized carbons (Fsp3) is 0.138. The van der Waals surface area contributed by atoms with Gasteiger partial charge in [0.25, 0.3) is 10.0 Å². The number of allylic oxidation sites excluding steroid dienone is 1. The van der Waals surface area contributed by atoms with Crippen LogP contribution in [0.5, 0.6) is 0 Å². The monoisotopic (exact) mass is 628 g/mol. The molecule has 2 N–H and O–H groups in total. The van der Waals surface area contributed by atoms with E-state index in [4.69, 9.17) is 4.42 Å². The van der Waals surface area contributed by atoms with Gasteiger partial charge in [0.05, 0.1) is 16.4 Å².